The Kier molecular flexibility index (Phi) is 4.42. The van der Waals surface area contributed by atoms with E-state index in [4.69, 9.17) is 0 Å². The molecule has 0 aliphatic carbocycles. The van der Waals surface area contributed by atoms with E-state index in [1.54, 1.807) is 36.9 Å². The van der Waals surface area contributed by atoms with Crippen LogP contribution in [0.15, 0.2) is 48.7 Å². The maximum absolute atomic E-state index is 12.3. The van der Waals surface area contributed by atoms with Gasteiger partial charge in [0, 0.05) is 13.2 Å². The number of hydrogen-bond donors (Lipinski definition) is 2. The average Bonchev–Trinajstić information content (AvgIpc) is 2.91. The van der Waals surface area contributed by atoms with Crippen molar-refractivity contribution in [3.05, 3.63) is 59.9 Å². The van der Waals surface area contributed by atoms with Gasteiger partial charge in [-0.1, -0.05) is 30.3 Å². The molecule has 2 rings (SSSR count). The summed E-state index contributed by atoms with van der Waals surface area (Å²) in [6.07, 6.45) is 1.77. The van der Waals surface area contributed by atoms with Gasteiger partial charge < -0.3 is 15.0 Å². The lowest BCUT2D eigenvalue weighted by Crippen LogP contribution is -2.36. The minimum atomic E-state index is -0.948. The zero-order chi connectivity index (χ0) is 15.4. The Morgan fingerprint density at radius 1 is 1.14 bits per heavy atom. The molecule has 5 heteroatoms. The Morgan fingerprint density at radius 3 is 2.33 bits per heavy atom. The smallest absolute Gasteiger partial charge is 0.308 e. The first-order valence-corrected chi connectivity index (χ1v) is 6.70. The molecule has 1 aromatic carbocycles. The molecule has 0 fully saturated rings. The monoisotopic (exact) mass is 286 g/mol. The maximum atomic E-state index is 12.3. The van der Waals surface area contributed by atoms with Crippen LogP contribution in [0, 0.1) is 5.92 Å². The van der Waals surface area contributed by atoms with Crippen LogP contribution in [0.4, 0.5) is 0 Å². The number of amides is 1. The molecule has 1 heterocycles. The molecular weight excluding hydrogens is 268 g/mol. The number of aryl methyl sites for hydroxylation is 1. The number of carboxylic acid groups (broad SMARTS) is 1. The highest BCUT2D eigenvalue weighted by atomic mass is 16.4. The van der Waals surface area contributed by atoms with Gasteiger partial charge in [0.25, 0.3) is 5.91 Å². The second-order valence-corrected chi connectivity index (χ2v) is 4.99. The van der Waals surface area contributed by atoms with Gasteiger partial charge in [0.2, 0.25) is 0 Å². The molecule has 1 aromatic heterocycles. The first-order valence-electron chi connectivity index (χ1n) is 6.70. The number of rotatable bonds is 5. The fourth-order valence-electron chi connectivity index (χ4n) is 2.21. The fourth-order valence-corrected chi connectivity index (χ4v) is 2.21. The summed E-state index contributed by atoms with van der Waals surface area (Å²) >= 11 is 0. The minimum absolute atomic E-state index is 0.288. The fraction of sp³-hybridized carbons (Fsp3) is 0.250. The Bertz CT molecular complexity index is 634. The summed E-state index contributed by atoms with van der Waals surface area (Å²) < 4.78 is 1.70. The normalized spacial score (nSPS) is 13.4. The number of carbonyl (C=O) groups excluding carboxylic acids is 1. The molecule has 0 saturated carbocycles. The SMILES string of the molecule is C[C@H](C(=O)O)[C@@H](NC(=O)c1cccn1C)c1ccccc1. The van der Waals surface area contributed by atoms with Crippen LogP contribution in [-0.4, -0.2) is 21.6 Å². The molecule has 0 saturated heterocycles. The summed E-state index contributed by atoms with van der Waals surface area (Å²) in [5.74, 6) is -1.96. The largest absolute Gasteiger partial charge is 0.481 e. The van der Waals surface area contributed by atoms with E-state index in [2.05, 4.69) is 5.32 Å². The first kappa shape index (κ1) is 14.8. The molecule has 110 valence electrons. The molecule has 0 bridgehead atoms. The van der Waals surface area contributed by atoms with E-state index in [1.807, 2.05) is 30.3 Å². The number of carbonyl (C=O) groups is 2. The Balaban J connectivity index is 2.27. The number of aromatic nitrogens is 1. The molecule has 0 unspecified atom stereocenters. The molecule has 2 aromatic rings. The molecule has 1 amide bonds. The third-order valence-corrected chi connectivity index (χ3v) is 3.51. The lowest BCUT2D eigenvalue weighted by atomic mass is 9.94. The molecule has 5 nitrogen and oxygen atoms in total. The van der Waals surface area contributed by atoms with Gasteiger partial charge in [0.1, 0.15) is 5.69 Å². The second kappa shape index (κ2) is 6.26. The van der Waals surface area contributed by atoms with Gasteiger partial charge in [-0.3, -0.25) is 9.59 Å². The Morgan fingerprint density at radius 2 is 1.81 bits per heavy atom. The minimum Gasteiger partial charge on any atom is -0.481 e. The zero-order valence-corrected chi connectivity index (χ0v) is 12.0. The molecule has 0 spiro atoms. The van der Waals surface area contributed by atoms with Crippen molar-refractivity contribution in [3.8, 4) is 0 Å². The third kappa shape index (κ3) is 3.31. The lowest BCUT2D eigenvalue weighted by molar-refractivity contribution is -0.142. The highest BCUT2D eigenvalue weighted by molar-refractivity contribution is 5.93. The topological polar surface area (TPSA) is 71.3 Å². The van der Waals surface area contributed by atoms with Crippen molar-refractivity contribution >= 4 is 11.9 Å². The van der Waals surface area contributed by atoms with Crippen LogP contribution in [0.5, 0.6) is 0 Å². The van der Waals surface area contributed by atoms with Crippen molar-refractivity contribution in [3.63, 3.8) is 0 Å². The quantitative estimate of drug-likeness (QED) is 0.885. The van der Waals surface area contributed by atoms with Gasteiger partial charge in [-0.25, -0.2) is 0 Å². The standard InChI is InChI=1S/C16H18N2O3/c1-11(16(20)21)14(12-7-4-3-5-8-12)17-15(19)13-9-6-10-18(13)2/h3-11,14H,1-2H3,(H,17,19)(H,20,21)/t11-,14+/m0/s1. The van der Waals surface area contributed by atoms with Crippen LogP contribution < -0.4 is 5.32 Å². The average molecular weight is 286 g/mol. The zero-order valence-electron chi connectivity index (χ0n) is 12.0. The summed E-state index contributed by atoms with van der Waals surface area (Å²) in [7, 11) is 1.77. The predicted molar refractivity (Wildman–Crippen MR) is 78.9 cm³/mol. The van der Waals surface area contributed by atoms with E-state index in [-0.39, 0.29) is 5.91 Å². The third-order valence-electron chi connectivity index (χ3n) is 3.51. The van der Waals surface area contributed by atoms with E-state index < -0.39 is 17.9 Å². The van der Waals surface area contributed by atoms with Crippen LogP contribution in [0.2, 0.25) is 0 Å². The molecule has 21 heavy (non-hydrogen) atoms. The van der Waals surface area contributed by atoms with Gasteiger partial charge >= 0.3 is 5.97 Å². The summed E-state index contributed by atoms with van der Waals surface area (Å²) in [5.41, 5.74) is 1.27. The van der Waals surface area contributed by atoms with Crippen molar-refractivity contribution in [2.75, 3.05) is 0 Å². The number of nitrogens with one attached hydrogen (secondary N) is 1. The maximum Gasteiger partial charge on any atom is 0.308 e. The van der Waals surface area contributed by atoms with Crippen molar-refractivity contribution in [2.45, 2.75) is 13.0 Å². The van der Waals surface area contributed by atoms with Crippen molar-refractivity contribution in [1.29, 1.82) is 0 Å². The van der Waals surface area contributed by atoms with Gasteiger partial charge in [0.05, 0.1) is 12.0 Å². The van der Waals surface area contributed by atoms with Crippen molar-refractivity contribution < 1.29 is 14.7 Å². The van der Waals surface area contributed by atoms with E-state index in [0.717, 1.165) is 5.56 Å². The molecule has 0 radical (unpaired) electrons. The first-order chi connectivity index (χ1) is 10.0. The van der Waals surface area contributed by atoms with Crippen LogP contribution in [0.3, 0.4) is 0 Å². The van der Waals surface area contributed by atoms with Gasteiger partial charge in [0.15, 0.2) is 0 Å². The van der Waals surface area contributed by atoms with Crippen LogP contribution in [0.25, 0.3) is 0 Å². The van der Waals surface area contributed by atoms with Gasteiger partial charge in [-0.15, -0.1) is 0 Å². The molecule has 0 aliphatic heterocycles. The molecule has 2 N–H and O–H groups in total. The summed E-state index contributed by atoms with van der Waals surface area (Å²) in [6.45, 7) is 1.59. The van der Waals surface area contributed by atoms with Crippen LogP contribution in [0.1, 0.15) is 29.0 Å². The number of aliphatic carboxylic acids is 1. The van der Waals surface area contributed by atoms with E-state index in [0.29, 0.717) is 5.69 Å². The van der Waals surface area contributed by atoms with E-state index >= 15 is 0 Å². The summed E-state index contributed by atoms with van der Waals surface area (Å²) in [4.78, 5) is 23.6. The number of nitrogens with zero attached hydrogens (tertiary/aromatic N) is 1. The number of carboxylic acids is 1. The number of hydrogen-bond acceptors (Lipinski definition) is 2. The van der Waals surface area contributed by atoms with Crippen molar-refractivity contribution in [1.82, 2.24) is 9.88 Å². The van der Waals surface area contributed by atoms with Crippen LogP contribution in [-0.2, 0) is 11.8 Å². The lowest BCUT2D eigenvalue weighted by Gasteiger charge is -2.23. The highest BCUT2D eigenvalue weighted by Gasteiger charge is 2.27. The predicted octanol–water partition coefficient (Wildman–Crippen LogP) is 2.22. The van der Waals surface area contributed by atoms with E-state index in [1.165, 1.54) is 0 Å². The van der Waals surface area contributed by atoms with E-state index in [9.17, 15) is 14.7 Å². The highest BCUT2D eigenvalue weighted by Crippen LogP contribution is 2.22. The Hall–Kier alpha value is -2.56. The molecular formula is C16H18N2O3. The van der Waals surface area contributed by atoms with Gasteiger partial charge in [-0.05, 0) is 24.6 Å². The van der Waals surface area contributed by atoms with Crippen molar-refractivity contribution in [2.24, 2.45) is 13.0 Å². The molecule has 2 atom stereocenters. The number of benzene rings is 1. The second-order valence-electron chi connectivity index (χ2n) is 4.99. The molecule has 0 aliphatic rings. The van der Waals surface area contributed by atoms with Gasteiger partial charge in [-0.2, -0.15) is 0 Å². The summed E-state index contributed by atoms with van der Waals surface area (Å²) in [5, 5.41) is 12.1. The Labute approximate surface area is 123 Å². The summed E-state index contributed by atoms with van der Waals surface area (Å²) in [6, 6.07) is 12.0. The van der Waals surface area contributed by atoms with Crippen LogP contribution >= 0.6 is 0 Å².